The maximum atomic E-state index is 10.6. The molecule has 0 amide bonds. The summed E-state index contributed by atoms with van der Waals surface area (Å²) in [4.78, 5) is 18.2. The number of nitriles is 1. The smallest absolute Gasteiger partial charge is 0.269 e. The number of rotatable bonds is 4. The van der Waals surface area contributed by atoms with Crippen LogP contribution in [-0.2, 0) is 0 Å². The summed E-state index contributed by atoms with van der Waals surface area (Å²) in [7, 11) is 0. The van der Waals surface area contributed by atoms with Gasteiger partial charge in [0, 0.05) is 12.1 Å². The van der Waals surface area contributed by atoms with Crippen molar-refractivity contribution in [3.63, 3.8) is 0 Å². The highest BCUT2D eigenvalue weighted by atomic mass is 16.6. The van der Waals surface area contributed by atoms with E-state index >= 15 is 0 Å². The van der Waals surface area contributed by atoms with E-state index in [1.54, 1.807) is 12.1 Å². The van der Waals surface area contributed by atoms with Gasteiger partial charge in [0.25, 0.3) is 5.69 Å². The van der Waals surface area contributed by atoms with Gasteiger partial charge in [-0.15, -0.1) is 0 Å². The first-order valence-electron chi connectivity index (χ1n) is 5.83. The summed E-state index contributed by atoms with van der Waals surface area (Å²) in [5.41, 5.74) is 1.32. The van der Waals surface area contributed by atoms with E-state index in [4.69, 9.17) is 5.26 Å². The quantitative estimate of drug-likeness (QED) is 0.675. The fourth-order valence-electron chi connectivity index (χ4n) is 1.62. The van der Waals surface area contributed by atoms with Gasteiger partial charge in [0.1, 0.15) is 6.07 Å². The zero-order chi connectivity index (χ0) is 14.5. The summed E-state index contributed by atoms with van der Waals surface area (Å²) in [6.07, 6.45) is 2.86. The van der Waals surface area contributed by atoms with E-state index in [9.17, 15) is 10.1 Å². The van der Waals surface area contributed by atoms with Crippen molar-refractivity contribution in [1.29, 1.82) is 5.26 Å². The molecular weight excluding hydrogens is 258 g/mol. The van der Waals surface area contributed by atoms with E-state index < -0.39 is 4.92 Å². The predicted molar refractivity (Wildman–Crippen MR) is 71.9 cm³/mol. The first-order chi connectivity index (χ1) is 9.60. The molecule has 1 heterocycles. The van der Waals surface area contributed by atoms with Gasteiger partial charge in [0.05, 0.1) is 28.9 Å². The summed E-state index contributed by atoms with van der Waals surface area (Å²) in [6, 6.07) is 8.09. The van der Waals surface area contributed by atoms with Gasteiger partial charge in [-0.2, -0.15) is 5.26 Å². The molecule has 0 spiro atoms. The molecule has 0 aliphatic heterocycles. The molecule has 0 saturated carbocycles. The Bertz CT molecular complexity index is 646. The van der Waals surface area contributed by atoms with Crippen LogP contribution in [0.15, 0.2) is 36.7 Å². The summed E-state index contributed by atoms with van der Waals surface area (Å²) >= 11 is 0. The summed E-state index contributed by atoms with van der Waals surface area (Å²) < 4.78 is 0. The first kappa shape index (κ1) is 13.4. The molecule has 1 aromatic carbocycles. The Hall–Kier alpha value is -3.01. The Balaban J connectivity index is 2.09. The Morgan fingerprint density at radius 2 is 1.90 bits per heavy atom. The van der Waals surface area contributed by atoms with Crippen LogP contribution >= 0.6 is 0 Å². The summed E-state index contributed by atoms with van der Waals surface area (Å²) in [5.74, 6) is 0.398. The molecule has 0 fully saturated rings. The fraction of sp³-hybridized carbons (Fsp3) is 0.154. The average Bonchev–Trinajstić information content (AvgIpc) is 2.48. The lowest BCUT2D eigenvalue weighted by atomic mass is 10.1. The van der Waals surface area contributed by atoms with E-state index in [0.29, 0.717) is 11.5 Å². The van der Waals surface area contributed by atoms with Crippen LogP contribution in [0.3, 0.4) is 0 Å². The monoisotopic (exact) mass is 269 g/mol. The van der Waals surface area contributed by atoms with Gasteiger partial charge in [-0.1, -0.05) is 12.1 Å². The zero-order valence-corrected chi connectivity index (χ0v) is 10.6. The third-order valence-electron chi connectivity index (χ3n) is 2.73. The second-order valence-corrected chi connectivity index (χ2v) is 4.12. The van der Waals surface area contributed by atoms with Gasteiger partial charge < -0.3 is 5.32 Å². The van der Waals surface area contributed by atoms with Crippen LogP contribution in [0, 0.1) is 21.4 Å². The molecule has 100 valence electrons. The number of benzene rings is 1. The molecule has 2 aromatic rings. The van der Waals surface area contributed by atoms with Crippen molar-refractivity contribution >= 4 is 11.6 Å². The lowest BCUT2D eigenvalue weighted by molar-refractivity contribution is -0.384. The Labute approximate surface area is 115 Å². The molecule has 0 aliphatic carbocycles. The normalized spacial score (nSPS) is 11.4. The topological polar surface area (TPSA) is 105 Å². The minimum absolute atomic E-state index is 0.0515. The van der Waals surface area contributed by atoms with Crippen molar-refractivity contribution in [3.8, 4) is 6.07 Å². The predicted octanol–water partition coefficient (Wildman–Crippen LogP) is 2.43. The van der Waals surface area contributed by atoms with E-state index in [2.05, 4.69) is 15.3 Å². The van der Waals surface area contributed by atoms with E-state index in [-0.39, 0.29) is 11.7 Å². The van der Waals surface area contributed by atoms with Gasteiger partial charge in [0.15, 0.2) is 0 Å². The Kier molecular flexibility index (Phi) is 3.86. The van der Waals surface area contributed by atoms with Crippen LogP contribution < -0.4 is 5.32 Å². The van der Waals surface area contributed by atoms with Gasteiger partial charge >= 0.3 is 0 Å². The Morgan fingerprint density at radius 1 is 1.30 bits per heavy atom. The van der Waals surface area contributed by atoms with Crippen molar-refractivity contribution in [2.24, 2.45) is 0 Å². The largest absolute Gasteiger partial charge is 0.348 e. The molecule has 0 bridgehead atoms. The Morgan fingerprint density at radius 3 is 2.40 bits per heavy atom. The number of nitro groups is 1. The van der Waals surface area contributed by atoms with E-state index in [0.717, 1.165) is 5.56 Å². The molecule has 0 radical (unpaired) electrons. The van der Waals surface area contributed by atoms with Gasteiger partial charge in [0.2, 0.25) is 5.95 Å². The summed E-state index contributed by atoms with van der Waals surface area (Å²) in [6.45, 7) is 1.89. The van der Waals surface area contributed by atoms with Crippen LogP contribution in [0.2, 0.25) is 0 Å². The third-order valence-corrected chi connectivity index (χ3v) is 2.73. The van der Waals surface area contributed by atoms with Crippen molar-refractivity contribution < 1.29 is 4.92 Å². The number of nitrogens with one attached hydrogen (secondary N) is 1. The molecular formula is C13H11N5O2. The fourth-order valence-corrected chi connectivity index (χ4v) is 1.62. The molecule has 7 nitrogen and oxygen atoms in total. The van der Waals surface area contributed by atoms with E-state index in [1.807, 2.05) is 13.0 Å². The first-order valence-corrected chi connectivity index (χ1v) is 5.83. The number of nitrogens with zero attached hydrogens (tertiary/aromatic N) is 4. The zero-order valence-electron chi connectivity index (χ0n) is 10.6. The van der Waals surface area contributed by atoms with Crippen molar-refractivity contribution in [3.05, 3.63) is 57.9 Å². The number of anilines is 1. The lowest BCUT2D eigenvalue weighted by Gasteiger charge is -2.13. The van der Waals surface area contributed by atoms with Crippen molar-refractivity contribution in [2.45, 2.75) is 13.0 Å². The summed E-state index contributed by atoms with van der Waals surface area (Å²) in [5, 5.41) is 22.3. The van der Waals surface area contributed by atoms with Crippen LogP contribution in [0.25, 0.3) is 0 Å². The molecule has 20 heavy (non-hydrogen) atoms. The van der Waals surface area contributed by atoms with E-state index in [1.165, 1.54) is 24.5 Å². The van der Waals surface area contributed by atoms with Gasteiger partial charge in [-0.05, 0) is 12.5 Å². The maximum Gasteiger partial charge on any atom is 0.269 e. The molecule has 1 atom stereocenters. The lowest BCUT2D eigenvalue weighted by Crippen LogP contribution is -2.09. The molecule has 7 heteroatoms. The van der Waals surface area contributed by atoms with Crippen LogP contribution in [-0.4, -0.2) is 14.9 Å². The third kappa shape index (κ3) is 3.05. The molecule has 0 aliphatic rings. The SMILES string of the molecule is C[C@H](Nc1ncc(C#N)cn1)c1ccc([N+](=O)[O-])cc1. The number of non-ortho nitro benzene ring substituents is 1. The van der Waals surface area contributed by atoms with Crippen LogP contribution in [0.1, 0.15) is 24.1 Å². The van der Waals surface area contributed by atoms with Crippen LogP contribution in [0.5, 0.6) is 0 Å². The number of nitro benzene ring substituents is 1. The molecule has 1 N–H and O–H groups in total. The standard InChI is InChI=1S/C13H11N5O2/c1-9(11-2-4-12(5-3-11)18(19)20)17-13-15-7-10(6-14)8-16-13/h2-5,7-9H,1H3,(H,15,16,17)/t9-/m0/s1. The number of hydrogen-bond acceptors (Lipinski definition) is 6. The minimum atomic E-state index is -0.439. The number of aromatic nitrogens is 2. The number of hydrogen-bond donors (Lipinski definition) is 1. The average molecular weight is 269 g/mol. The second kappa shape index (κ2) is 5.75. The highest BCUT2D eigenvalue weighted by Crippen LogP contribution is 2.19. The highest BCUT2D eigenvalue weighted by molar-refractivity contribution is 5.38. The van der Waals surface area contributed by atoms with Crippen molar-refractivity contribution in [1.82, 2.24) is 9.97 Å². The minimum Gasteiger partial charge on any atom is -0.348 e. The molecule has 2 rings (SSSR count). The highest BCUT2D eigenvalue weighted by Gasteiger charge is 2.10. The maximum absolute atomic E-state index is 10.6. The molecule has 1 aromatic heterocycles. The second-order valence-electron chi connectivity index (χ2n) is 4.12. The van der Waals surface area contributed by atoms with Crippen molar-refractivity contribution in [2.75, 3.05) is 5.32 Å². The van der Waals surface area contributed by atoms with Crippen LogP contribution in [0.4, 0.5) is 11.6 Å². The van der Waals surface area contributed by atoms with Gasteiger partial charge in [-0.3, -0.25) is 10.1 Å². The molecule has 0 saturated heterocycles. The van der Waals surface area contributed by atoms with Gasteiger partial charge in [-0.25, -0.2) is 9.97 Å². The molecule has 0 unspecified atom stereocenters.